The van der Waals surface area contributed by atoms with Crippen LogP contribution in [0.25, 0.3) is 0 Å². The highest BCUT2D eigenvalue weighted by atomic mass is 16.6. The lowest BCUT2D eigenvalue weighted by atomic mass is 10.1. The van der Waals surface area contributed by atoms with E-state index in [1.54, 1.807) is 0 Å². The maximum atomic E-state index is 11.9. The summed E-state index contributed by atoms with van der Waals surface area (Å²) in [6.07, 6.45) is 2.41. The van der Waals surface area contributed by atoms with E-state index < -0.39 is 39.7 Å². The Morgan fingerprint density at radius 1 is 1.52 bits per heavy atom. The highest BCUT2D eigenvalue weighted by molar-refractivity contribution is 5.96. The number of aromatic amines is 1. The molecule has 21 heavy (non-hydrogen) atoms. The minimum Gasteiger partial charge on any atom is -0.480 e. The molecular formula is C12H15N3O6. The van der Waals surface area contributed by atoms with Gasteiger partial charge in [0.15, 0.2) is 0 Å². The van der Waals surface area contributed by atoms with Crippen LogP contribution in [0.1, 0.15) is 36.5 Å². The molecule has 1 heterocycles. The van der Waals surface area contributed by atoms with Crippen LogP contribution in [-0.2, 0) is 4.79 Å². The Morgan fingerprint density at radius 3 is 2.71 bits per heavy atom. The second-order valence-corrected chi connectivity index (χ2v) is 4.36. The molecule has 9 heteroatoms. The van der Waals surface area contributed by atoms with Gasteiger partial charge in [0.25, 0.3) is 17.2 Å². The van der Waals surface area contributed by atoms with Gasteiger partial charge in [-0.15, -0.1) is 0 Å². The lowest BCUT2D eigenvalue weighted by Crippen LogP contribution is -2.42. The molecule has 9 nitrogen and oxygen atoms in total. The van der Waals surface area contributed by atoms with Gasteiger partial charge in [0.1, 0.15) is 11.6 Å². The van der Waals surface area contributed by atoms with Crippen LogP contribution in [0.5, 0.6) is 0 Å². The van der Waals surface area contributed by atoms with Crippen molar-refractivity contribution in [2.45, 2.75) is 32.2 Å². The van der Waals surface area contributed by atoms with Crippen LogP contribution in [0.4, 0.5) is 5.69 Å². The molecule has 1 rings (SSSR count). The Labute approximate surface area is 119 Å². The van der Waals surface area contributed by atoms with Gasteiger partial charge < -0.3 is 15.4 Å². The van der Waals surface area contributed by atoms with Gasteiger partial charge in [-0.2, -0.15) is 0 Å². The zero-order valence-electron chi connectivity index (χ0n) is 11.3. The molecule has 0 saturated carbocycles. The minimum absolute atomic E-state index is 0.213. The molecule has 0 bridgehead atoms. The van der Waals surface area contributed by atoms with Crippen LogP contribution in [0.3, 0.4) is 0 Å². The molecule has 0 aliphatic heterocycles. The Balaban J connectivity index is 2.97. The molecule has 0 aliphatic rings. The van der Waals surface area contributed by atoms with Gasteiger partial charge in [-0.05, 0) is 6.42 Å². The van der Waals surface area contributed by atoms with Crippen LogP contribution in [0, 0.1) is 10.1 Å². The van der Waals surface area contributed by atoms with E-state index in [4.69, 9.17) is 5.11 Å². The molecule has 3 N–H and O–H groups in total. The summed E-state index contributed by atoms with van der Waals surface area (Å²) < 4.78 is 0. The predicted octanol–water partition coefficient (Wildman–Crippen LogP) is 0.656. The molecule has 0 fully saturated rings. The maximum Gasteiger partial charge on any atom is 0.326 e. The van der Waals surface area contributed by atoms with Crippen LogP contribution in [0.15, 0.2) is 17.1 Å². The third-order valence-corrected chi connectivity index (χ3v) is 2.79. The first kappa shape index (κ1) is 16.3. The van der Waals surface area contributed by atoms with Gasteiger partial charge >= 0.3 is 5.97 Å². The number of pyridine rings is 1. The molecule has 1 aromatic heterocycles. The third kappa shape index (κ3) is 4.41. The second kappa shape index (κ2) is 7.17. The van der Waals surface area contributed by atoms with Crippen LogP contribution >= 0.6 is 0 Å². The lowest BCUT2D eigenvalue weighted by Gasteiger charge is -2.13. The molecule has 114 valence electrons. The predicted molar refractivity (Wildman–Crippen MR) is 72.1 cm³/mol. The van der Waals surface area contributed by atoms with Gasteiger partial charge in [-0.3, -0.25) is 19.7 Å². The first-order valence-electron chi connectivity index (χ1n) is 6.27. The molecule has 1 amide bonds. The summed E-state index contributed by atoms with van der Waals surface area (Å²) in [6.45, 7) is 1.87. The summed E-state index contributed by atoms with van der Waals surface area (Å²) in [7, 11) is 0. The fourth-order valence-electron chi connectivity index (χ4n) is 1.65. The van der Waals surface area contributed by atoms with Crippen molar-refractivity contribution < 1.29 is 19.6 Å². The number of hydrogen-bond donors (Lipinski definition) is 3. The van der Waals surface area contributed by atoms with Gasteiger partial charge in [-0.1, -0.05) is 19.8 Å². The van der Waals surface area contributed by atoms with Crippen molar-refractivity contribution in [1.82, 2.24) is 10.3 Å². The number of carbonyl (C=O) groups is 2. The third-order valence-electron chi connectivity index (χ3n) is 2.79. The minimum atomic E-state index is -1.22. The van der Waals surface area contributed by atoms with Crippen molar-refractivity contribution >= 4 is 17.6 Å². The number of nitrogens with one attached hydrogen (secondary N) is 2. The SMILES string of the molecule is CCCC[C@H](NC(=O)c1cc([N+](=O)[O-])c[nH]c1=O)C(=O)O. The highest BCUT2D eigenvalue weighted by Crippen LogP contribution is 2.09. The van der Waals surface area contributed by atoms with Crippen molar-refractivity contribution in [3.8, 4) is 0 Å². The van der Waals surface area contributed by atoms with E-state index in [-0.39, 0.29) is 6.42 Å². The first-order chi connectivity index (χ1) is 9.86. The number of hydrogen-bond acceptors (Lipinski definition) is 5. The highest BCUT2D eigenvalue weighted by Gasteiger charge is 2.23. The molecule has 0 unspecified atom stereocenters. The Kier molecular flexibility index (Phi) is 5.58. The molecule has 1 aromatic rings. The van der Waals surface area contributed by atoms with Crippen LogP contribution < -0.4 is 10.9 Å². The number of H-pyrrole nitrogens is 1. The lowest BCUT2D eigenvalue weighted by molar-refractivity contribution is -0.385. The summed E-state index contributed by atoms with van der Waals surface area (Å²) in [5.41, 5.74) is -1.77. The van der Waals surface area contributed by atoms with Gasteiger partial charge in [0.05, 0.1) is 11.1 Å². The van der Waals surface area contributed by atoms with Crippen molar-refractivity contribution in [2.75, 3.05) is 0 Å². The quantitative estimate of drug-likeness (QED) is 0.498. The zero-order chi connectivity index (χ0) is 16.0. The number of unbranched alkanes of at least 4 members (excludes halogenated alkanes) is 1. The number of rotatable bonds is 7. The maximum absolute atomic E-state index is 11.9. The normalized spacial score (nSPS) is 11.7. The number of carboxylic acid groups (broad SMARTS) is 1. The topological polar surface area (TPSA) is 142 Å². The van der Waals surface area contributed by atoms with E-state index >= 15 is 0 Å². The Morgan fingerprint density at radius 2 is 2.19 bits per heavy atom. The largest absolute Gasteiger partial charge is 0.480 e. The second-order valence-electron chi connectivity index (χ2n) is 4.36. The van der Waals surface area contributed by atoms with Gasteiger partial charge in [0, 0.05) is 6.07 Å². The fourth-order valence-corrected chi connectivity index (χ4v) is 1.65. The Hall–Kier alpha value is -2.71. The molecule has 0 spiro atoms. The number of aliphatic carboxylic acids is 1. The zero-order valence-corrected chi connectivity index (χ0v) is 11.3. The van der Waals surface area contributed by atoms with E-state index in [0.717, 1.165) is 18.7 Å². The number of carboxylic acids is 1. The van der Waals surface area contributed by atoms with Crippen LogP contribution in [0.2, 0.25) is 0 Å². The summed E-state index contributed by atoms with van der Waals surface area (Å²) in [6, 6.07) is -0.330. The number of nitrogens with zero attached hydrogens (tertiary/aromatic N) is 1. The van der Waals surface area contributed by atoms with E-state index in [1.165, 1.54) is 0 Å². The average molecular weight is 297 g/mol. The summed E-state index contributed by atoms with van der Waals surface area (Å²) in [4.78, 5) is 46.4. The van der Waals surface area contributed by atoms with Gasteiger partial charge in [0.2, 0.25) is 0 Å². The molecule has 1 atom stereocenters. The van der Waals surface area contributed by atoms with Gasteiger partial charge in [-0.25, -0.2) is 4.79 Å². The van der Waals surface area contributed by atoms with Crippen LogP contribution in [-0.4, -0.2) is 32.9 Å². The molecular weight excluding hydrogens is 282 g/mol. The average Bonchev–Trinajstić information content (AvgIpc) is 2.42. The number of nitro groups is 1. The number of carbonyl (C=O) groups excluding carboxylic acids is 1. The monoisotopic (exact) mass is 297 g/mol. The summed E-state index contributed by atoms with van der Waals surface area (Å²) in [5, 5.41) is 21.8. The molecule has 0 radical (unpaired) electrons. The van der Waals surface area contributed by atoms with E-state index in [1.807, 2.05) is 6.92 Å². The van der Waals surface area contributed by atoms with E-state index in [9.17, 15) is 24.5 Å². The Bertz CT molecular complexity index is 609. The standard InChI is InChI=1S/C12H15N3O6/c1-2-3-4-9(12(18)19)14-11(17)8-5-7(15(20)21)6-13-10(8)16/h5-6,9H,2-4H2,1H3,(H,13,16)(H,14,17)(H,18,19)/t9-/m0/s1. The first-order valence-corrected chi connectivity index (χ1v) is 6.27. The van der Waals surface area contributed by atoms with E-state index in [0.29, 0.717) is 6.42 Å². The van der Waals surface area contributed by atoms with Crippen molar-refractivity contribution in [3.05, 3.63) is 38.3 Å². The summed E-state index contributed by atoms with van der Waals surface area (Å²) >= 11 is 0. The fraction of sp³-hybridized carbons (Fsp3) is 0.417. The number of aromatic nitrogens is 1. The smallest absolute Gasteiger partial charge is 0.326 e. The molecule has 0 saturated heterocycles. The summed E-state index contributed by atoms with van der Waals surface area (Å²) in [5.74, 6) is -2.18. The molecule has 0 aliphatic carbocycles. The van der Waals surface area contributed by atoms with E-state index in [2.05, 4.69) is 10.3 Å². The number of amides is 1. The molecule has 0 aromatic carbocycles. The van der Waals surface area contributed by atoms with Crippen molar-refractivity contribution in [1.29, 1.82) is 0 Å². The van der Waals surface area contributed by atoms with Crippen molar-refractivity contribution in [2.24, 2.45) is 0 Å². The van der Waals surface area contributed by atoms with Crippen molar-refractivity contribution in [3.63, 3.8) is 0 Å².